The lowest BCUT2D eigenvalue weighted by atomic mass is 9.97. The van der Waals surface area contributed by atoms with E-state index in [1.165, 1.54) is 25.7 Å². The molecule has 0 unspecified atom stereocenters. The maximum atomic E-state index is 5.38. The molecule has 0 bridgehead atoms. The summed E-state index contributed by atoms with van der Waals surface area (Å²) in [5.41, 5.74) is 2.73. The van der Waals surface area contributed by atoms with Crippen LogP contribution in [0.3, 0.4) is 0 Å². The molecule has 0 amide bonds. The smallest absolute Gasteiger partial charge is 0.203 e. The zero-order chi connectivity index (χ0) is 15.8. The molecule has 122 valence electrons. The number of hydrogen-bond acceptors (Lipinski definition) is 4. The van der Waals surface area contributed by atoms with Gasteiger partial charge in [0.15, 0.2) is 11.5 Å². The van der Waals surface area contributed by atoms with Gasteiger partial charge in [0.05, 0.1) is 21.3 Å². The Kier molecular flexibility index (Phi) is 6.59. The molecule has 22 heavy (non-hydrogen) atoms. The number of nitrogens with one attached hydrogen (secondary N) is 1. The van der Waals surface area contributed by atoms with Crippen LogP contribution in [0.5, 0.6) is 17.2 Å². The van der Waals surface area contributed by atoms with Crippen LogP contribution < -0.4 is 19.5 Å². The molecule has 1 N–H and O–H groups in total. The summed E-state index contributed by atoms with van der Waals surface area (Å²) in [4.78, 5) is 0. The fourth-order valence-corrected chi connectivity index (χ4v) is 2.85. The predicted octanol–water partition coefficient (Wildman–Crippen LogP) is 3.69. The maximum Gasteiger partial charge on any atom is 0.203 e. The van der Waals surface area contributed by atoms with Gasteiger partial charge in [-0.05, 0) is 56.3 Å². The van der Waals surface area contributed by atoms with Crippen LogP contribution >= 0.6 is 0 Å². The summed E-state index contributed by atoms with van der Waals surface area (Å²) in [6.07, 6.45) is 8.77. The molecule has 2 rings (SSSR count). The number of hydrogen-bond donors (Lipinski definition) is 1. The number of allylic oxidation sites excluding steroid dienone is 1. The van der Waals surface area contributed by atoms with E-state index in [4.69, 9.17) is 14.2 Å². The van der Waals surface area contributed by atoms with Gasteiger partial charge in [-0.3, -0.25) is 0 Å². The lowest BCUT2D eigenvalue weighted by molar-refractivity contribution is 0.323. The summed E-state index contributed by atoms with van der Waals surface area (Å²) >= 11 is 0. The molecule has 0 heterocycles. The van der Waals surface area contributed by atoms with Crippen molar-refractivity contribution >= 4 is 0 Å². The van der Waals surface area contributed by atoms with Gasteiger partial charge in [0.1, 0.15) is 0 Å². The minimum atomic E-state index is 0.640. The van der Waals surface area contributed by atoms with Gasteiger partial charge in [-0.25, -0.2) is 0 Å². The third-order valence-corrected chi connectivity index (χ3v) is 4.06. The van der Waals surface area contributed by atoms with Crippen molar-refractivity contribution in [1.82, 2.24) is 5.32 Å². The van der Waals surface area contributed by atoms with E-state index in [9.17, 15) is 0 Å². The van der Waals surface area contributed by atoms with E-state index in [0.717, 1.165) is 25.1 Å². The van der Waals surface area contributed by atoms with Crippen molar-refractivity contribution in [3.63, 3.8) is 0 Å². The van der Waals surface area contributed by atoms with Crippen LogP contribution in [0.15, 0.2) is 23.8 Å². The van der Waals surface area contributed by atoms with Gasteiger partial charge < -0.3 is 19.5 Å². The van der Waals surface area contributed by atoms with Crippen LogP contribution in [0.1, 0.15) is 37.7 Å². The topological polar surface area (TPSA) is 39.7 Å². The van der Waals surface area contributed by atoms with Crippen LogP contribution in [0.2, 0.25) is 0 Å². The van der Waals surface area contributed by atoms with Crippen molar-refractivity contribution in [1.29, 1.82) is 0 Å². The normalized spacial score (nSPS) is 14.4. The molecule has 0 aliphatic heterocycles. The van der Waals surface area contributed by atoms with Crippen molar-refractivity contribution in [2.75, 3.05) is 27.9 Å². The van der Waals surface area contributed by atoms with Crippen molar-refractivity contribution in [2.45, 2.75) is 38.6 Å². The van der Waals surface area contributed by atoms with E-state index in [1.54, 1.807) is 26.9 Å². The monoisotopic (exact) mass is 305 g/mol. The summed E-state index contributed by atoms with van der Waals surface area (Å²) in [5, 5.41) is 3.50. The number of methoxy groups -OCH3 is 3. The molecule has 1 aliphatic rings. The average Bonchev–Trinajstić information content (AvgIpc) is 2.58. The van der Waals surface area contributed by atoms with Crippen molar-refractivity contribution in [3.8, 4) is 17.2 Å². The van der Waals surface area contributed by atoms with Crippen LogP contribution in [-0.2, 0) is 6.54 Å². The molecular weight excluding hydrogens is 278 g/mol. The Bertz CT molecular complexity index is 486. The molecule has 0 aromatic heterocycles. The first kappa shape index (κ1) is 16.7. The Labute approximate surface area is 133 Å². The van der Waals surface area contributed by atoms with Gasteiger partial charge in [-0.1, -0.05) is 11.6 Å². The highest BCUT2D eigenvalue weighted by atomic mass is 16.5. The van der Waals surface area contributed by atoms with Crippen molar-refractivity contribution in [3.05, 3.63) is 29.3 Å². The molecular formula is C18H27NO3. The lowest BCUT2D eigenvalue weighted by Gasteiger charge is -2.15. The lowest BCUT2D eigenvalue weighted by Crippen LogP contribution is -2.16. The largest absolute Gasteiger partial charge is 0.493 e. The van der Waals surface area contributed by atoms with Crippen LogP contribution in [0.4, 0.5) is 0 Å². The fourth-order valence-electron chi connectivity index (χ4n) is 2.85. The first-order chi connectivity index (χ1) is 10.8. The fraction of sp³-hybridized carbons (Fsp3) is 0.556. The minimum Gasteiger partial charge on any atom is -0.493 e. The van der Waals surface area contributed by atoms with Gasteiger partial charge in [0.2, 0.25) is 5.75 Å². The van der Waals surface area contributed by atoms with Gasteiger partial charge in [-0.2, -0.15) is 0 Å². The molecule has 0 saturated heterocycles. The Hall–Kier alpha value is -1.68. The number of benzene rings is 1. The van der Waals surface area contributed by atoms with Crippen LogP contribution in [0, 0.1) is 0 Å². The molecule has 4 heteroatoms. The highest BCUT2D eigenvalue weighted by molar-refractivity contribution is 5.53. The average molecular weight is 305 g/mol. The summed E-state index contributed by atoms with van der Waals surface area (Å²) in [5.74, 6) is 2.04. The van der Waals surface area contributed by atoms with E-state index in [2.05, 4.69) is 11.4 Å². The molecule has 1 aliphatic carbocycles. The summed E-state index contributed by atoms with van der Waals surface area (Å²) in [6.45, 7) is 1.80. The second-order valence-corrected chi connectivity index (χ2v) is 5.57. The number of rotatable bonds is 8. The third kappa shape index (κ3) is 4.41. The Morgan fingerprint density at radius 3 is 2.27 bits per heavy atom. The molecule has 4 nitrogen and oxygen atoms in total. The quantitative estimate of drug-likeness (QED) is 0.587. The van der Waals surface area contributed by atoms with Gasteiger partial charge in [0, 0.05) is 6.54 Å². The minimum absolute atomic E-state index is 0.640. The second-order valence-electron chi connectivity index (χ2n) is 5.57. The van der Waals surface area contributed by atoms with E-state index in [0.29, 0.717) is 17.2 Å². The highest BCUT2D eigenvalue weighted by Gasteiger charge is 2.12. The SMILES string of the molecule is COc1cc(CNCCC2=CCCCC2)cc(OC)c1OC. The molecule has 0 fully saturated rings. The zero-order valence-corrected chi connectivity index (χ0v) is 13.9. The summed E-state index contributed by atoms with van der Waals surface area (Å²) < 4.78 is 16.1. The van der Waals surface area contributed by atoms with Gasteiger partial charge in [0.25, 0.3) is 0 Å². The molecule has 0 radical (unpaired) electrons. The molecule has 0 saturated carbocycles. The van der Waals surface area contributed by atoms with E-state index >= 15 is 0 Å². The third-order valence-electron chi connectivity index (χ3n) is 4.06. The molecule has 0 spiro atoms. The molecule has 1 aromatic carbocycles. The standard InChI is InChI=1S/C18H27NO3/c1-20-16-11-15(12-17(21-2)18(16)22-3)13-19-10-9-14-7-5-4-6-8-14/h7,11-12,19H,4-6,8-10,13H2,1-3H3. The molecule has 1 aromatic rings. The van der Waals surface area contributed by atoms with Gasteiger partial charge >= 0.3 is 0 Å². The second kappa shape index (κ2) is 8.69. The van der Waals surface area contributed by atoms with E-state index in [-0.39, 0.29) is 0 Å². The van der Waals surface area contributed by atoms with E-state index in [1.807, 2.05) is 12.1 Å². The summed E-state index contributed by atoms with van der Waals surface area (Å²) in [7, 11) is 4.91. The first-order valence-electron chi connectivity index (χ1n) is 7.96. The van der Waals surface area contributed by atoms with Crippen molar-refractivity contribution < 1.29 is 14.2 Å². The molecule has 0 atom stereocenters. The Morgan fingerprint density at radius 1 is 1.00 bits per heavy atom. The van der Waals surface area contributed by atoms with Crippen LogP contribution in [-0.4, -0.2) is 27.9 Å². The predicted molar refractivity (Wildman–Crippen MR) is 89.0 cm³/mol. The first-order valence-corrected chi connectivity index (χ1v) is 7.96. The Balaban J connectivity index is 1.90. The number of ether oxygens (including phenoxy) is 3. The van der Waals surface area contributed by atoms with Crippen LogP contribution in [0.25, 0.3) is 0 Å². The highest BCUT2D eigenvalue weighted by Crippen LogP contribution is 2.38. The van der Waals surface area contributed by atoms with Crippen molar-refractivity contribution in [2.24, 2.45) is 0 Å². The van der Waals surface area contributed by atoms with Gasteiger partial charge in [-0.15, -0.1) is 0 Å². The maximum absolute atomic E-state index is 5.38. The van der Waals surface area contributed by atoms with E-state index < -0.39 is 0 Å². The Morgan fingerprint density at radius 2 is 1.73 bits per heavy atom. The summed E-state index contributed by atoms with van der Waals surface area (Å²) in [6, 6.07) is 3.99. The zero-order valence-electron chi connectivity index (χ0n) is 13.9.